The summed E-state index contributed by atoms with van der Waals surface area (Å²) in [6.07, 6.45) is 13.1. The monoisotopic (exact) mass is 572 g/mol. The minimum atomic E-state index is -4.27. The fourth-order valence-corrected chi connectivity index (χ4v) is 5.39. The molecule has 4 rings (SSSR count). The summed E-state index contributed by atoms with van der Waals surface area (Å²) in [6.45, 7) is -0.592. The van der Waals surface area contributed by atoms with E-state index in [0.717, 1.165) is 17.5 Å². The lowest BCUT2D eigenvalue weighted by atomic mass is 10.1. The number of esters is 2. The van der Waals surface area contributed by atoms with Crippen LogP contribution in [-0.2, 0) is 39.1 Å². The highest BCUT2D eigenvalue weighted by Crippen LogP contribution is 2.52. The molecule has 0 saturated carbocycles. The van der Waals surface area contributed by atoms with Crippen molar-refractivity contribution in [3.8, 4) is 5.75 Å². The van der Waals surface area contributed by atoms with Crippen LogP contribution in [0.5, 0.6) is 5.75 Å². The zero-order valence-electron chi connectivity index (χ0n) is 22.6. The standard InChI is InChI=1S/C27H33N4O8P/c1-30(2)13-10-22-17-31(25-14-23(35-3)8-9-24(22)25)40(34,38-18-36-26(32)20-6-4-11-28-15-20)39-19-37-27(33)21-7-5-12-29-16-21/h4-5,8-9,11-12,14-17,28-29H,6-7,10,13,18-19H2,1-3H3. The second-order valence-corrected chi connectivity index (χ2v) is 11.0. The van der Waals surface area contributed by atoms with E-state index in [-0.39, 0.29) is 0 Å². The van der Waals surface area contributed by atoms with Gasteiger partial charge in [-0.1, -0.05) is 12.2 Å². The Morgan fingerprint density at radius 1 is 0.975 bits per heavy atom. The lowest BCUT2D eigenvalue weighted by Gasteiger charge is -2.21. The van der Waals surface area contributed by atoms with Crippen molar-refractivity contribution in [2.45, 2.75) is 19.3 Å². The molecule has 0 aliphatic carbocycles. The van der Waals surface area contributed by atoms with Crippen LogP contribution in [0.15, 0.2) is 72.5 Å². The summed E-state index contributed by atoms with van der Waals surface area (Å²) in [7, 11) is 1.18. The molecule has 0 amide bonds. The molecule has 0 unspecified atom stereocenters. The molecule has 2 aliphatic heterocycles. The van der Waals surface area contributed by atoms with E-state index in [2.05, 4.69) is 10.6 Å². The third kappa shape index (κ3) is 7.22. The molecule has 0 saturated heterocycles. The van der Waals surface area contributed by atoms with Crippen LogP contribution < -0.4 is 15.4 Å². The summed E-state index contributed by atoms with van der Waals surface area (Å²) in [4.78, 5) is 26.9. The van der Waals surface area contributed by atoms with Gasteiger partial charge < -0.3 is 29.7 Å². The molecule has 12 nitrogen and oxygen atoms in total. The fourth-order valence-electron chi connectivity index (χ4n) is 3.98. The number of benzene rings is 1. The van der Waals surface area contributed by atoms with Gasteiger partial charge in [-0.15, -0.1) is 0 Å². The van der Waals surface area contributed by atoms with Gasteiger partial charge in [0.1, 0.15) is 5.75 Å². The van der Waals surface area contributed by atoms with Crippen molar-refractivity contribution >= 4 is 30.6 Å². The van der Waals surface area contributed by atoms with Crippen LogP contribution in [0.4, 0.5) is 0 Å². The van der Waals surface area contributed by atoms with Gasteiger partial charge in [0.25, 0.3) is 0 Å². The Bertz CT molecular complexity index is 1350. The van der Waals surface area contributed by atoms with Gasteiger partial charge >= 0.3 is 19.7 Å². The van der Waals surface area contributed by atoms with Gasteiger partial charge in [0.05, 0.1) is 23.8 Å². The highest BCUT2D eigenvalue weighted by Gasteiger charge is 2.32. The zero-order valence-corrected chi connectivity index (χ0v) is 23.5. The first-order valence-corrected chi connectivity index (χ1v) is 14.1. The van der Waals surface area contributed by atoms with Crippen LogP contribution >= 0.6 is 7.75 Å². The van der Waals surface area contributed by atoms with Gasteiger partial charge in [0.2, 0.25) is 13.6 Å². The summed E-state index contributed by atoms with van der Waals surface area (Å²) in [5, 5.41) is 6.46. The summed E-state index contributed by atoms with van der Waals surface area (Å²) < 4.78 is 42.8. The zero-order chi connectivity index (χ0) is 28.5. The number of carbonyl (C=O) groups is 2. The Morgan fingerprint density at radius 2 is 1.57 bits per heavy atom. The van der Waals surface area contributed by atoms with Crippen LogP contribution in [0.25, 0.3) is 10.9 Å². The number of methoxy groups -OCH3 is 1. The van der Waals surface area contributed by atoms with E-state index in [4.69, 9.17) is 23.3 Å². The van der Waals surface area contributed by atoms with Crippen molar-refractivity contribution in [2.75, 3.05) is 41.3 Å². The third-order valence-electron chi connectivity index (χ3n) is 6.12. The molecular formula is C27H33N4O8P. The summed E-state index contributed by atoms with van der Waals surface area (Å²) in [5.41, 5.74) is 2.16. The lowest BCUT2D eigenvalue weighted by Crippen LogP contribution is -2.17. The number of aromatic nitrogens is 1. The number of fused-ring (bicyclic) bond motifs is 1. The number of dihydropyridines is 2. The number of hydrogen-bond acceptors (Lipinski definition) is 11. The smallest absolute Gasteiger partial charge is 0.445 e. The Morgan fingerprint density at radius 3 is 2.08 bits per heavy atom. The SMILES string of the molecule is COc1ccc2c(CCN(C)C)cn(P(=O)(OCOC(=O)C3=CNC=CC3)OCOC(=O)C3=CNC=CC3)c2c1. The van der Waals surface area contributed by atoms with E-state index in [1.54, 1.807) is 36.8 Å². The topological polar surface area (TPSA) is 130 Å². The molecule has 0 radical (unpaired) electrons. The van der Waals surface area contributed by atoms with Gasteiger partial charge in [-0.2, -0.15) is 0 Å². The molecule has 1 aromatic heterocycles. The van der Waals surface area contributed by atoms with E-state index in [9.17, 15) is 14.2 Å². The van der Waals surface area contributed by atoms with Gasteiger partial charge in [-0.25, -0.2) is 14.2 Å². The number of hydrogen-bond donors (Lipinski definition) is 2. The number of nitrogens with zero attached hydrogens (tertiary/aromatic N) is 2. The first kappa shape index (κ1) is 29.2. The molecule has 13 heteroatoms. The summed E-state index contributed by atoms with van der Waals surface area (Å²) in [5.74, 6) is -0.736. The quantitative estimate of drug-likeness (QED) is 0.208. The van der Waals surface area contributed by atoms with Gasteiger partial charge in [0, 0.05) is 49.4 Å². The van der Waals surface area contributed by atoms with E-state index in [0.29, 0.717) is 41.7 Å². The van der Waals surface area contributed by atoms with E-state index in [1.807, 2.05) is 31.1 Å². The van der Waals surface area contributed by atoms with Crippen molar-refractivity contribution in [3.63, 3.8) is 0 Å². The number of likely N-dealkylation sites (N-methyl/N-ethyl adjacent to an activating group) is 1. The van der Waals surface area contributed by atoms with Crippen molar-refractivity contribution in [2.24, 2.45) is 0 Å². The molecule has 0 spiro atoms. The minimum Gasteiger partial charge on any atom is -0.497 e. The summed E-state index contributed by atoms with van der Waals surface area (Å²) >= 11 is 0. The number of rotatable bonds is 13. The Balaban J connectivity index is 1.59. The maximum absolute atomic E-state index is 14.3. The normalized spacial score (nSPS) is 14.8. The van der Waals surface area contributed by atoms with Crippen molar-refractivity contribution in [1.82, 2.24) is 19.9 Å². The Labute approximate surface area is 232 Å². The van der Waals surface area contributed by atoms with Crippen LogP contribution in [0.3, 0.4) is 0 Å². The first-order chi connectivity index (χ1) is 19.3. The predicted octanol–water partition coefficient (Wildman–Crippen LogP) is 3.53. The fraction of sp³-hybridized carbons (Fsp3) is 0.333. The second kappa shape index (κ2) is 13.5. The molecule has 1 aromatic carbocycles. The molecule has 2 aromatic rings. The van der Waals surface area contributed by atoms with Crippen molar-refractivity contribution < 1.29 is 37.4 Å². The maximum Gasteiger partial charge on any atom is 0.445 e. The average molecular weight is 573 g/mol. The molecule has 0 atom stereocenters. The highest BCUT2D eigenvalue weighted by molar-refractivity contribution is 7.52. The number of nitrogens with one attached hydrogen (secondary N) is 2. The Kier molecular flexibility index (Phi) is 9.84. The van der Waals surface area contributed by atoms with Gasteiger partial charge in [-0.3, -0.25) is 13.4 Å². The second-order valence-electron chi connectivity index (χ2n) is 9.15. The molecule has 0 fully saturated rings. The minimum absolute atomic E-state index is 0.376. The van der Waals surface area contributed by atoms with E-state index >= 15 is 0 Å². The number of ether oxygens (including phenoxy) is 3. The van der Waals surface area contributed by atoms with Crippen LogP contribution in [0, 0.1) is 0 Å². The number of carbonyl (C=O) groups excluding carboxylic acids is 2. The van der Waals surface area contributed by atoms with Crippen LogP contribution in [-0.4, -0.2) is 62.5 Å². The molecule has 214 valence electrons. The first-order valence-electron chi connectivity index (χ1n) is 12.6. The predicted molar refractivity (Wildman–Crippen MR) is 148 cm³/mol. The lowest BCUT2D eigenvalue weighted by molar-refractivity contribution is -0.147. The maximum atomic E-state index is 14.3. The van der Waals surface area contributed by atoms with Crippen molar-refractivity contribution in [1.29, 1.82) is 0 Å². The largest absolute Gasteiger partial charge is 0.497 e. The molecule has 3 heterocycles. The highest BCUT2D eigenvalue weighted by atomic mass is 31.2. The van der Waals surface area contributed by atoms with Crippen LogP contribution in [0.2, 0.25) is 0 Å². The molecule has 40 heavy (non-hydrogen) atoms. The van der Waals surface area contributed by atoms with E-state index < -0.39 is 33.3 Å². The van der Waals surface area contributed by atoms with Gasteiger partial charge in [-0.05, 0) is 50.6 Å². The van der Waals surface area contributed by atoms with Crippen LogP contribution in [0.1, 0.15) is 18.4 Å². The average Bonchev–Trinajstić information content (AvgIpc) is 3.35. The molecule has 2 aliphatic rings. The van der Waals surface area contributed by atoms with Gasteiger partial charge in [0.15, 0.2) is 0 Å². The van der Waals surface area contributed by atoms with E-state index in [1.165, 1.54) is 23.8 Å². The molecular weight excluding hydrogens is 539 g/mol. The molecule has 0 bridgehead atoms. The number of allylic oxidation sites excluding steroid dienone is 2. The Hall–Kier alpha value is -3.83. The molecule has 2 N–H and O–H groups in total. The van der Waals surface area contributed by atoms with Crippen molar-refractivity contribution in [3.05, 3.63) is 78.1 Å². The summed E-state index contributed by atoms with van der Waals surface area (Å²) in [6, 6.07) is 5.39. The third-order valence-corrected chi connectivity index (χ3v) is 7.85.